The molecule has 1 aromatic carbocycles. The smallest absolute Gasteiger partial charge is 0.237 e. The molecule has 160 valence electrons. The number of rotatable bonds is 9. The van der Waals surface area contributed by atoms with Gasteiger partial charge in [-0.25, -0.2) is 15.0 Å². The van der Waals surface area contributed by atoms with Gasteiger partial charge < -0.3 is 30.4 Å². The first-order valence-corrected chi connectivity index (χ1v) is 9.56. The van der Waals surface area contributed by atoms with Crippen molar-refractivity contribution >= 4 is 22.9 Å². The van der Waals surface area contributed by atoms with Gasteiger partial charge in [0.15, 0.2) is 17.0 Å². The largest absolute Gasteiger partial charge is 0.497 e. The van der Waals surface area contributed by atoms with Crippen molar-refractivity contribution in [2.45, 2.75) is 25.1 Å². The van der Waals surface area contributed by atoms with Crippen LogP contribution in [-0.4, -0.2) is 70.4 Å². The molecule has 10 nitrogen and oxygen atoms in total. The molecule has 0 bridgehead atoms. The van der Waals surface area contributed by atoms with Gasteiger partial charge in [0, 0.05) is 20.6 Å². The molecule has 0 aliphatic heterocycles. The number of benzene rings is 1. The van der Waals surface area contributed by atoms with E-state index in [0.717, 1.165) is 11.3 Å². The lowest BCUT2D eigenvalue weighted by molar-refractivity contribution is -0.122. The lowest BCUT2D eigenvalue weighted by Gasteiger charge is -2.16. The van der Waals surface area contributed by atoms with Gasteiger partial charge in [-0.1, -0.05) is 12.1 Å². The summed E-state index contributed by atoms with van der Waals surface area (Å²) in [4.78, 5) is 27.0. The summed E-state index contributed by atoms with van der Waals surface area (Å²) < 4.78 is 6.85. The number of anilines is 1. The Morgan fingerprint density at radius 2 is 2.00 bits per heavy atom. The minimum absolute atomic E-state index is 0.0699. The van der Waals surface area contributed by atoms with Gasteiger partial charge in [-0.05, 0) is 24.1 Å². The fraction of sp³-hybridized carbons (Fsp3) is 0.400. The first-order valence-electron chi connectivity index (χ1n) is 9.56. The predicted molar refractivity (Wildman–Crippen MR) is 113 cm³/mol. The topological polar surface area (TPSA) is 131 Å². The third kappa shape index (κ3) is 5.02. The normalized spacial score (nSPS) is 13.1. The Hall–Kier alpha value is -3.24. The van der Waals surface area contributed by atoms with Crippen molar-refractivity contribution in [1.29, 1.82) is 0 Å². The minimum Gasteiger partial charge on any atom is -0.497 e. The van der Waals surface area contributed by atoms with Crippen molar-refractivity contribution in [3.8, 4) is 5.75 Å². The van der Waals surface area contributed by atoms with Crippen LogP contribution >= 0.6 is 0 Å². The van der Waals surface area contributed by atoms with Gasteiger partial charge in [0.2, 0.25) is 5.91 Å². The molecule has 3 aromatic rings. The van der Waals surface area contributed by atoms with Crippen LogP contribution in [0.15, 0.2) is 36.9 Å². The first kappa shape index (κ1) is 21.5. The lowest BCUT2D eigenvalue weighted by Crippen LogP contribution is -2.45. The fourth-order valence-electron chi connectivity index (χ4n) is 3.08. The predicted octanol–water partition coefficient (Wildman–Crippen LogP) is -0.0520. The molecule has 30 heavy (non-hydrogen) atoms. The van der Waals surface area contributed by atoms with E-state index in [1.54, 1.807) is 18.0 Å². The number of amides is 1. The Kier molecular flexibility index (Phi) is 6.80. The molecule has 0 aliphatic rings. The summed E-state index contributed by atoms with van der Waals surface area (Å²) in [5, 5.41) is 13.1. The van der Waals surface area contributed by atoms with E-state index in [9.17, 15) is 9.90 Å². The molecule has 0 saturated heterocycles. The summed E-state index contributed by atoms with van der Waals surface area (Å²) in [6, 6.07) is 6.67. The van der Waals surface area contributed by atoms with E-state index >= 15 is 0 Å². The molecule has 2 aromatic heterocycles. The van der Waals surface area contributed by atoms with Crippen LogP contribution in [0.3, 0.4) is 0 Å². The number of carbonyl (C=O) groups is 1. The monoisotopic (exact) mass is 413 g/mol. The molecule has 2 atom stereocenters. The molecule has 0 spiro atoms. The summed E-state index contributed by atoms with van der Waals surface area (Å²) in [5.41, 5.74) is 8.20. The molecular formula is C20H27N7O3. The van der Waals surface area contributed by atoms with Crippen LogP contribution in [0.1, 0.15) is 5.56 Å². The van der Waals surface area contributed by atoms with Crippen molar-refractivity contribution in [3.63, 3.8) is 0 Å². The summed E-state index contributed by atoms with van der Waals surface area (Å²) in [6.07, 6.45) is 2.63. The number of nitrogens with one attached hydrogen (secondary N) is 1. The van der Waals surface area contributed by atoms with Crippen LogP contribution < -0.4 is 20.7 Å². The molecule has 2 heterocycles. The quantitative estimate of drug-likeness (QED) is 0.445. The second-order valence-electron chi connectivity index (χ2n) is 7.22. The third-order valence-corrected chi connectivity index (χ3v) is 4.68. The Labute approximate surface area is 174 Å². The third-order valence-electron chi connectivity index (χ3n) is 4.68. The first-order chi connectivity index (χ1) is 14.4. The summed E-state index contributed by atoms with van der Waals surface area (Å²) >= 11 is 0. The number of hydrogen-bond donors (Lipinski definition) is 3. The highest BCUT2D eigenvalue weighted by atomic mass is 16.5. The van der Waals surface area contributed by atoms with E-state index in [-0.39, 0.29) is 19.0 Å². The second kappa shape index (κ2) is 9.51. The van der Waals surface area contributed by atoms with Crippen molar-refractivity contribution in [3.05, 3.63) is 42.5 Å². The van der Waals surface area contributed by atoms with Crippen molar-refractivity contribution in [2.75, 3.05) is 32.6 Å². The Morgan fingerprint density at radius 3 is 2.67 bits per heavy atom. The van der Waals surface area contributed by atoms with Gasteiger partial charge in [0.25, 0.3) is 0 Å². The number of aliphatic hydroxyl groups excluding tert-OH is 1. The maximum absolute atomic E-state index is 12.3. The number of imidazole rings is 1. The van der Waals surface area contributed by atoms with Crippen LogP contribution in [0.2, 0.25) is 0 Å². The lowest BCUT2D eigenvalue weighted by atomic mass is 10.1. The number of aliphatic hydroxyl groups is 1. The Morgan fingerprint density at radius 1 is 1.27 bits per heavy atom. The summed E-state index contributed by atoms with van der Waals surface area (Å²) in [7, 11) is 5.35. The van der Waals surface area contributed by atoms with E-state index in [0.29, 0.717) is 23.4 Å². The highest BCUT2D eigenvalue weighted by Gasteiger charge is 2.17. The van der Waals surface area contributed by atoms with Crippen LogP contribution in [-0.2, 0) is 17.8 Å². The number of nitrogens with two attached hydrogens (primary N) is 1. The number of methoxy groups -OCH3 is 1. The highest BCUT2D eigenvalue weighted by Crippen LogP contribution is 2.19. The van der Waals surface area contributed by atoms with E-state index in [1.165, 1.54) is 6.33 Å². The van der Waals surface area contributed by atoms with E-state index in [2.05, 4.69) is 20.3 Å². The van der Waals surface area contributed by atoms with Gasteiger partial charge in [-0.15, -0.1) is 0 Å². The molecule has 0 aliphatic carbocycles. The molecular weight excluding hydrogens is 386 g/mol. The molecule has 1 amide bonds. The van der Waals surface area contributed by atoms with Crippen molar-refractivity contribution < 1.29 is 14.6 Å². The average molecular weight is 413 g/mol. The van der Waals surface area contributed by atoms with Crippen LogP contribution in [0.5, 0.6) is 5.75 Å². The van der Waals surface area contributed by atoms with Crippen LogP contribution in [0.25, 0.3) is 11.2 Å². The van der Waals surface area contributed by atoms with Crippen LogP contribution in [0, 0.1) is 0 Å². The molecule has 0 fully saturated rings. The van der Waals surface area contributed by atoms with Gasteiger partial charge in [-0.2, -0.15) is 0 Å². The highest BCUT2D eigenvalue weighted by molar-refractivity contribution is 5.83. The number of nitrogens with zero attached hydrogens (tertiary/aromatic N) is 5. The fourth-order valence-corrected chi connectivity index (χ4v) is 3.08. The number of aromatic nitrogens is 4. The molecule has 4 N–H and O–H groups in total. The minimum atomic E-state index is -0.822. The zero-order chi connectivity index (χ0) is 21.7. The SMILES string of the molecule is COc1ccc(C[C@H](N)C(=O)NC[C@H](O)Cn2cnc3c(N(C)C)ncnc32)cc1. The van der Waals surface area contributed by atoms with Crippen molar-refractivity contribution in [2.24, 2.45) is 5.73 Å². The summed E-state index contributed by atoms with van der Waals surface area (Å²) in [5.74, 6) is 1.12. The molecule has 3 rings (SSSR count). The van der Waals surface area contributed by atoms with Crippen molar-refractivity contribution in [1.82, 2.24) is 24.8 Å². The Balaban J connectivity index is 1.53. The zero-order valence-electron chi connectivity index (χ0n) is 17.3. The standard InChI is InChI=1S/C20H27N7O3/c1-26(2)18-17-19(24-11-23-18)27(12-25-17)10-14(28)9-22-20(29)16(21)8-13-4-6-15(30-3)7-5-13/h4-7,11-12,14,16,28H,8-10,21H2,1-3H3,(H,22,29)/t14-,16-/m0/s1. The van der Waals surface area contributed by atoms with Gasteiger partial charge in [-0.3, -0.25) is 4.79 Å². The molecule has 0 saturated carbocycles. The van der Waals surface area contributed by atoms with Gasteiger partial charge in [0.1, 0.15) is 12.1 Å². The van der Waals surface area contributed by atoms with E-state index in [1.807, 2.05) is 43.3 Å². The second-order valence-corrected chi connectivity index (χ2v) is 7.22. The zero-order valence-corrected chi connectivity index (χ0v) is 17.3. The molecule has 10 heteroatoms. The average Bonchev–Trinajstić information content (AvgIpc) is 3.15. The number of ether oxygens (including phenoxy) is 1. The van der Waals surface area contributed by atoms with E-state index < -0.39 is 12.1 Å². The molecule has 0 unspecified atom stereocenters. The number of fused-ring (bicyclic) bond motifs is 1. The van der Waals surface area contributed by atoms with Gasteiger partial charge in [0.05, 0.1) is 32.1 Å². The summed E-state index contributed by atoms with van der Waals surface area (Å²) in [6.45, 7) is 0.300. The Bertz CT molecular complexity index is 988. The molecule has 0 radical (unpaired) electrons. The maximum Gasteiger partial charge on any atom is 0.237 e. The van der Waals surface area contributed by atoms with Gasteiger partial charge >= 0.3 is 0 Å². The number of hydrogen-bond acceptors (Lipinski definition) is 8. The van der Waals surface area contributed by atoms with Crippen LogP contribution in [0.4, 0.5) is 5.82 Å². The number of carbonyl (C=O) groups excluding carboxylic acids is 1. The maximum atomic E-state index is 12.3. The van der Waals surface area contributed by atoms with E-state index in [4.69, 9.17) is 10.5 Å².